The summed E-state index contributed by atoms with van der Waals surface area (Å²) < 4.78 is 0. The van der Waals surface area contributed by atoms with Crippen LogP contribution in [-0.4, -0.2) is 30.1 Å². The first-order valence-corrected chi connectivity index (χ1v) is 8.15. The highest BCUT2D eigenvalue weighted by molar-refractivity contribution is 7.99. The Balaban J connectivity index is 1.96. The van der Waals surface area contributed by atoms with E-state index in [1.165, 1.54) is 55.0 Å². The van der Waals surface area contributed by atoms with Crippen molar-refractivity contribution in [3.8, 4) is 0 Å². The zero-order valence-electron chi connectivity index (χ0n) is 10.9. The smallest absolute Gasteiger partial charge is 0.0540 e. The molecule has 1 aromatic carbocycles. The second kappa shape index (κ2) is 5.14. The van der Waals surface area contributed by atoms with Gasteiger partial charge < -0.3 is 10.6 Å². The Hall–Kier alpha value is -0.670. The molecule has 0 spiro atoms. The maximum Gasteiger partial charge on any atom is 0.0540 e. The number of aryl methyl sites for hydroxylation is 1. The highest BCUT2D eigenvalue weighted by Crippen LogP contribution is 2.39. The number of nitrogens with two attached hydrogens (primary N) is 1. The molecule has 2 aliphatic heterocycles. The molecule has 0 aliphatic carbocycles. The minimum atomic E-state index is 0.224. The van der Waals surface area contributed by atoms with E-state index in [4.69, 9.17) is 5.73 Å². The standard InChI is InChI=1S/C15H22N2S/c16-12-15(7-10-18-11-8-15)17-9-3-5-13-4-1-2-6-14(13)17/h1-2,4,6H,3,5,7-12,16H2. The van der Waals surface area contributed by atoms with Crippen molar-refractivity contribution in [2.75, 3.05) is 29.5 Å². The molecule has 2 N–H and O–H groups in total. The minimum Gasteiger partial charge on any atom is -0.364 e. The number of nitrogens with zero attached hydrogens (tertiary/aromatic N) is 1. The van der Waals surface area contributed by atoms with Gasteiger partial charge in [-0.15, -0.1) is 0 Å². The van der Waals surface area contributed by atoms with Crippen LogP contribution in [0.25, 0.3) is 0 Å². The van der Waals surface area contributed by atoms with Crippen molar-refractivity contribution in [3.05, 3.63) is 29.8 Å². The third-order valence-corrected chi connectivity index (χ3v) is 5.47. The average molecular weight is 262 g/mol. The lowest BCUT2D eigenvalue weighted by Crippen LogP contribution is -2.57. The van der Waals surface area contributed by atoms with Crippen molar-refractivity contribution >= 4 is 17.4 Å². The van der Waals surface area contributed by atoms with E-state index in [1.54, 1.807) is 0 Å². The maximum atomic E-state index is 6.18. The lowest BCUT2D eigenvalue weighted by Gasteiger charge is -2.49. The van der Waals surface area contributed by atoms with Crippen LogP contribution in [0.4, 0.5) is 5.69 Å². The van der Waals surface area contributed by atoms with Crippen LogP contribution in [0, 0.1) is 0 Å². The molecular formula is C15H22N2S. The summed E-state index contributed by atoms with van der Waals surface area (Å²) in [6, 6.07) is 8.89. The fourth-order valence-corrected chi connectivity index (χ4v) is 4.61. The SMILES string of the molecule is NCC1(N2CCCc3ccccc32)CCSCC1. The first kappa shape index (κ1) is 12.4. The third kappa shape index (κ3) is 2.04. The number of anilines is 1. The lowest BCUT2D eigenvalue weighted by molar-refractivity contribution is 0.357. The second-order valence-corrected chi connectivity index (χ2v) is 6.65. The largest absolute Gasteiger partial charge is 0.364 e. The van der Waals surface area contributed by atoms with Gasteiger partial charge in [0.05, 0.1) is 5.54 Å². The molecule has 1 aromatic rings. The zero-order chi connectivity index (χ0) is 12.4. The summed E-state index contributed by atoms with van der Waals surface area (Å²) >= 11 is 2.08. The fourth-order valence-electron chi connectivity index (χ4n) is 3.36. The summed E-state index contributed by atoms with van der Waals surface area (Å²) in [6.45, 7) is 1.97. The quantitative estimate of drug-likeness (QED) is 0.888. The number of para-hydroxylation sites is 1. The van der Waals surface area contributed by atoms with Gasteiger partial charge in [-0.2, -0.15) is 11.8 Å². The summed E-state index contributed by atoms with van der Waals surface area (Å²) in [7, 11) is 0. The molecule has 1 fully saturated rings. The van der Waals surface area contributed by atoms with Crippen molar-refractivity contribution in [1.29, 1.82) is 0 Å². The number of benzene rings is 1. The highest BCUT2D eigenvalue weighted by Gasteiger charge is 2.38. The maximum absolute atomic E-state index is 6.18. The van der Waals surface area contributed by atoms with Crippen LogP contribution in [0.15, 0.2) is 24.3 Å². The summed E-state index contributed by atoms with van der Waals surface area (Å²) in [5.74, 6) is 2.52. The molecule has 18 heavy (non-hydrogen) atoms. The molecule has 0 aromatic heterocycles. The summed E-state index contributed by atoms with van der Waals surface area (Å²) in [5.41, 5.74) is 9.35. The van der Waals surface area contributed by atoms with Crippen molar-refractivity contribution in [2.24, 2.45) is 5.73 Å². The molecule has 3 heteroatoms. The van der Waals surface area contributed by atoms with Crippen LogP contribution in [-0.2, 0) is 6.42 Å². The number of rotatable bonds is 2. The Kier molecular flexibility index (Phi) is 3.53. The third-order valence-electron chi connectivity index (χ3n) is 4.49. The van der Waals surface area contributed by atoms with Gasteiger partial charge in [0.25, 0.3) is 0 Å². The Labute approximate surface area is 114 Å². The van der Waals surface area contributed by atoms with Gasteiger partial charge in [-0.1, -0.05) is 18.2 Å². The van der Waals surface area contributed by atoms with E-state index in [-0.39, 0.29) is 5.54 Å². The van der Waals surface area contributed by atoms with Crippen LogP contribution in [0.3, 0.4) is 0 Å². The predicted octanol–water partition coefficient (Wildman–Crippen LogP) is 2.66. The van der Waals surface area contributed by atoms with E-state index in [0.717, 1.165) is 6.54 Å². The molecule has 2 heterocycles. The van der Waals surface area contributed by atoms with Gasteiger partial charge in [0.15, 0.2) is 0 Å². The van der Waals surface area contributed by atoms with Gasteiger partial charge in [0.1, 0.15) is 0 Å². The Morgan fingerprint density at radius 2 is 2.00 bits per heavy atom. The molecule has 2 aliphatic rings. The van der Waals surface area contributed by atoms with Crippen molar-refractivity contribution in [1.82, 2.24) is 0 Å². The molecule has 1 saturated heterocycles. The molecule has 0 amide bonds. The summed E-state index contributed by atoms with van der Waals surface area (Å²) in [4.78, 5) is 2.63. The first-order valence-electron chi connectivity index (χ1n) is 6.99. The van der Waals surface area contributed by atoms with Crippen molar-refractivity contribution < 1.29 is 0 Å². The molecule has 0 bridgehead atoms. The monoisotopic (exact) mass is 262 g/mol. The van der Waals surface area contributed by atoms with Gasteiger partial charge in [-0.05, 0) is 48.8 Å². The average Bonchev–Trinajstić information content (AvgIpc) is 2.47. The van der Waals surface area contributed by atoms with E-state index in [1.807, 2.05) is 0 Å². The lowest BCUT2D eigenvalue weighted by atomic mass is 9.86. The molecule has 98 valence electrons. The zero-order valence-corrected chi connectivity index (χ0v) is 11.7. The van der Waals surface area contributed by atoms with E-state index >= 15 is 0 Å². The molecular weight excluding hydrogens is 240 g/mol. The topological polar surface area (TPSA) is 29.3 Å². The van der Waals surface area contributed by atoms with Gasteiger partial charge >= 0.3 is 0 Å². The second-order valence-electron chi connectivity index (χ2n) is 5.42. The van der Waals surface area contributed by atoms with E-state index in [2.05, 4.69) is 40.9 Å². The minimum absolute atomic E-state index is 0.224. The van der Waals surface area contributed by atoms with E-state index in [0.29, 0.717) is 0 Å². The molecule has 0 atom stereocenters. The molecule has 0 radical (unpaired) electrons. The van der Waals surface area contributed by atoms with Crippen LogP contribution >= 0.6 is 11.8 Å². The Morgan fingerprint density at radius 1 is 1.22 bits per heavy atom. The van der Waals surface area contributed by atoms with Gasteiger partial charge in [0, 0.05) is 18.8 Å². The van der Waals surface area contributed by atoms with Gasteiger partial charge in [-0.3, -0.25) is 0 Å². The van der Waals surface area contributed by atoms with Crippen LogP contribution < -0.4 is 10.6 Å². The van der Waals surface area contributed by atoms with E-state index < -0.39 is 0 Å². The van der Waals surface area contributed by atoms with E-state index in [9.17, 15) is 0 Å². The normalized spacial score (nSPS) is 22.6. The highest BCUT2D eigenvalue weighted by atomic mass is 32.2. The van der Waals surface area contributed by atoms with Crippen LogP contribution in [0.2, 0.25) is 0 Å². The van der Waals surface area contributed by atoms with Gasteiger partial charge in [0.2, 0.25) is 0 Å². The summed E-state index contributed by atoms with van der Waals surface area (Å²) in [5, 5.41) is 0. The number of hydrogen-bond acceptors (Lipinski definition) is 3. The molecule has 2 nitrogen and oxygen atoms in total. The van der Waals surface area contributed by atoms with Crippen molar-refractivity contribution in [2.45, 2.75) is 31.2 Å². The molecule has 3 rings (SSSR count). The first-order chi connectivity index (χ1) is 8.86. The van der Waals surface area contributed by atoms with Gasteiger partial charge in [-0.25, -0.2) is 0 Å². The number of fused-ring (bicyclic) bond motifs is 1. The summed E-state index contributed by atoms with van der Waals surface area (Å²) in [6.07, 6.45) is 4.97. The van der Waals surface area contributed by atoms with Crippen LogP contribution in [0.1, 0.15) is 24.8 Å². The predicted molar refractivity (Wildman–Crippen MR) is 80.5 cm³/mol. The number of hydrogen-bond donors (Lipinski definition) is 1. The molecule has 0 saturated carbocycles. The fraction of sp³-hybridized carbons (Fsp3) is 0.600. The Bertz CT molecular complexity index is 413. The van der Waals surface area contributed by atoms with Crippen molar-refractivity contribution in [3.63, 3.8) is 0 Å². The van der Waals surface area contributed by atoms with Crippen LogP contribution in [0.5, 0.6) is 0 Å². The number of thioether (sulfide) groups is 1. The molecule has 0 unspecified atom stereocenters. The Morgan fingerprint density at radius 3 is 2.78 bits per heavy atom.